The lowest BCUT2D eigenvalue weighted by Gasteiger charge is -2.20. The van der Waals surface area contributed by atoms with Crippen LogP contribution in [-0.4, -0.2) is 34.2 Å². The summed E-state index contributed by atoms with van der Waals surface area (Å²) in [6.45, 7) is 5.39. The Morgan fingerprint density at radius 1 is 0.966 bits per heavy atom. The van der Waals surface area contributed by atoms with Gasteiger partial charge in [0.05, 0.1) is 21.0 Å². The fourth-order valence-corrected chi connectivity index (χ4v) is 5.50. The van der Waals surface area contributed by atoms with Crippen LogP contribution in [0.1, 0.15) is 25.0 Å². The topological polar surface area (TPSA) is 83.6 Å². The Kier molecular flexibility index (Phi) is 6.65. The third kappa shape index (κ3) is 5.09. The van der Waals surface area contributed by atoms with E-state index >= 15 is 0 Å². The van der Waals surface area contributed by atoms with Gasteiger partial charge in [-0.05, 0) is 42.8 Å². The summed E-state index contributed by atoms with van der Waals surface area (Å²) in [7, 11) is -8.21. The molecule has 0 bridgehead atoms. The molecule has 0 heterocycles. The number of aryl methyl sites for hydroxylation is 1. The second-order valence-electron chi connectivity index (χ2n) is 6.20. The number of sulfonamides is 2. The second kappa shape index (κ2) is 8.33. The van der Waals surface area contributed by atoms with Crippen molar-refractivity contribution in [1.82, 2.24) is 4.31 Å². The molecule has 0 fully saturated rings. The van der Waals surface area contributed by atoms with Crippen LogP contribution in [0.3, 0.4) is 0 Å². The molecule has 0 aliphatic rings. The predicted molar refractivity (Wildman–Crippen MR) is 104 cm³/mol. The van der Waals surface area contributed by atoms with Crippen molar-refractivity contribution in [2.24, 2.45) is 0 Å². The van der Waals surface area contributed by atoms with Gasteiger partial charge < -0.3 is 0 Å². The van der Waals surface area contributed by atoms with E-state index in [-0.39, 0.29) is 23.7 Å². The molecule has 0 saturated heterocycles. The maximum absolute atomic E-state index is 12.9. The minimum atomic E-state index is -4.69. The summed E-state index contributed by atoms with van der Waals surface area (Å²) in [5.41, 5.74) is -0.758. The highest BCUT2D eigenvalue weighted by Crippen LogP contribution is 2.31. The van der Waals surface area contributed by atoms with Crippen molar-refractivity contribution >= 4 is 25.7 Å². The van der Waals surface area contributed by atoms with Gasteiger partial charge in [-0.1, -0.05) is 26.0 Å². The molecule has 160 valence electrons. The SMILES string of the molecule is CCN(CC)S(=O)(=O)c1cc(NS(=O)(=O)c2cccc(C(F)(F)F)c2)ccc1C. The molecular formula is C18H21F3N2O4S2. The molecule has 0 aliphatic carbocycles. The first kappa shape index (κ1) is 23.2. The fourth-order valence-electron chi connectivity index (χ4n) is 2.70. The number of alkyl halides is 3. The quantitative estimate of drug-likeness (QED) is 0.695. The zero-order valence-electron chi connectivity index (χ0n) is 16.0. The van der Waals surface area contributed by atoms with Crippen molar-refractivity contribution in [3.05, 3.63) is 53.6 Å². The number of nitrogens with one attached hydrogen (secondary N) is 1. The average molecular weight is 451 g/mol. The molecule has 0 aliphatic heterocycles. The first-order chi connectivity index (χ1) is 13.3. The van der Waals surface area contributed by atoms with Crippen LogP contribution in [0.15, 0.2) is 52.3 Å². The molecule has 2 rings (SSSR count). The molecule has 11 heteroatoms. The second-order valence-corrected chi connectivity index (χ2v) is 9.79. The van der Waals surface area contributed by atoms with Gasteiger partial charge in [0.2, 0.25) is 10.0 Å². The Bertz CT molecular complexity index is 1090. The van der Waals surface area contributed by atoms with Gasteiger partial charge in [0.1, 0.15) is 0 Å². The lowest BCUT2D eigenvalue weighted by atomic mass is 10.2. The van der Waals surface area contributed by atoms with Crippen molar-refractivity contribution in [2.45, 2.75) is 36.7 Å². The minimum Gasteiger partial charge on any atom is -0.280 e. The van der Waals surface area contributed by atoms with Crippen molar-refractivity contribution in [3.8, 4) is 0 Å². The Balaban J connectivity index is 2.45. The fraction of sp³-hybridized carbons (Fsp3) is 0.333. The zero-order valence-corrected chi connectivity index (χ0v) is 17.6. The third-order valence-electron chi connectivity index (χ3n) is 4.24. The smallest absolute Gasteiger partial charge is 0.280 e. The molecule has 1 N–H and O–H groups in total. The van der Waals surface area contributed by atoms with E-state index in [9.17, 15) is 30.0 Å². The summed E-state index contributed by atoms with van der Waals surface area (Å²) >= 11 is 0. The standard InChI is InChI=1S/C18H21F3N2O4S2/c1-4-23(5-2)29(26,27)17-12-15(10-9-13(17)3)22-28(24,25)16-8-6-7-14(11-16)18(19,20)21/h6-12,22H,4-5H2,1-3H3. The number of hydrogen-bond acceptors (Lipinski definition) is 4. The maximum atomic E-state index is 12.9. The number of rotatable bonds is 7. The van der Waals surface area contributed by atoms with Crippen LogP contribution in [0, 0.1) is 6.92 Å². The number of hydrogen-bond donors (Lipinski definition) is 1. The molecule has 0 atom stereocenters. The predicted octanol–water partition coefficient (Wildman–Crippen LogP) is 3.85. The molecule has 0 saturated carbocycles. The molecule has 29 heavy (non-hydrogen) atoms. The van der Waals surface area contributed by atoms with E-state index in [1.807, 2.05) is 0 Å². The molecule has 0 aromatic heterocycles. The van der Waals surface area contributed by atoms with Crippen molar-refractivity contribution < 1.29 is 30.0 Å². The molecule has 2 aromatic carbocycles. The van der Waals surface area contributed by atoms with E-state index in [2.05, 4.69) is 4.72 Å². The lowest BCUT2D eigenvalue weighted by molar-refractivity contribution is -0.137. The van der Waals surface area contributed by atoms with Gasteiger partial charge in [-0.25, -0.2) is 16.8 Å². The zero-order chi connectivity index (χ0) is 22.0. The van der Waals surface area contributed by atoms with Crippen LogP contribution in [0.4, 0.5) is 18.9 Å². The van der Waals surface area contributed by atoms with Gasteiger partial charge in [0.25, 0.3) is 10.0 Å². The lowest BCUT2D eigenvalue weighted by Crippen LogP contribution is -2.31. The van der Waals surface area contributed by atoms with E-state index in [1.165, 1.54) is 16.4 Å². The molecular weight excluding hydrogens is 429 g/mol. The van der Waals surface area contributed by atoms with Gasteiger partial charge in [-0.2, -0.15) is 17.5 Å². The summed E-state index contributed by atoms with van der Waals surface area (Å²) in [6.07, 6.45) is -4.69. The first-order valence-electron chi connectivity index (χ1n) is 8.63. The van der Waals surface area contributed by atoms with Gasteiger partial charge in [-0.3, -0.25) is 4.72 Å². The van der Waals surface area contributed by atoms with E-state index in [1.54, 1.807) is 20.8 Å². The number of anilines is 1. The molecule has 6 nitrogen and oxygen atoms in total. The number of benzene rings is 2. The molecule has 2 aromatic rings. The van der Waals surface area contributed by atoms with Gasteiger partial charge in [-0.15, -0.1) is 0 Å². The average Bonchev–Trinajstić information content (AvgIpc) is 2.63. The third-order valence-corrected chi connectivity index (χ3v) is 7.81. The number of halogens is 3. The highest BCUT2D eigenvalue weighted by molar-refractivity contribution is 7.92. The van der Waals surface area contributed by atoms with Gasteiger partial charge >= 0.3 is 6.18 Å². The first-order valence-corrected chi connectivity index (χ1v) is 11.6. The van der Waals surface area contributed by atoms with Gasteiger partial charge in [0, 0.05) is 13.1 Å². The Morgan fingerprint density at radius 2 is 1.59 bits per heavy atom. The van der Waals surface area contributed by atoms with Crippen LogP contribution in [0.5, 0.6) is 0 Å². The van der Waals surface area contributed by atoms with Crippen LogP contribution >= 0.6 is 0 Å². The van der Waals surface area contributed by atoms with Gasteiger partial charge in [0.15, 0.2) is 0 Å². The molecule has 0 unspecified atom stereocenters. The normalized spacial score (nSPS) is 12.9. The molecule has 0 amide bonds. The number of nitrogens with zero attached hydrogens (tertiary/aromatic N) is 1. The summed E-state index contributed by atoms with van der Waals surface area (Å²) in [6, 6.07) is 7.24. The highest BCUT2D eigenvalue weighted by atomic mass is 32.2. The summed E-state index contributed by atoms with van der Waals surface area (Å²) < 4.78 is 92.6. The summed E-state index contributed by atoms with van der Waals surface area (Å²) in [4.78, 5) is -0.661. The highest BCUT2D eigenvalue weighted by Gasteiger charge is 2.32. The largest absolute Gasteiger partial charge is 0.416 e. The Hall–Kier alpha value is -2.11. The van der Waals surface area contributed by atoms with Crippen LogP contribution < -0.4 is 4.72 Å². The molecule has 0 spiro atoms. The Labute approximate surface area is 168 Å². The molecule has 0 radical (unpaired) electrons. The van der Waals surface area contributed by atoms with Crippen LogP contribution in [0.25, 0.3) is 0 Å². The van der Waals surface area contributed by atoms with E-state index in [0.29, 0.717) is 11.6 Å². The Morgan fingerprint density at radius 3 is 2.14 bits per heavy atom. The van der Waals surface area contributed by atoms with E-state index < -0.39 is 36.7 Å². The monoisotopic (exact) mass is 450 g/mol. The summed E-state index contributed by atoms with van der Waals surface area (Å²) in [5, 5.41) is 0. The van der Waals surface area contributed by atoms with Crippen molar-refractivity contribution in [3.63, 3.8) is 0 Å². The van der Waals surface area contributed by atoms with E-state index in [4.69, 9.17) is 0 Å². The van der Waals surface area contributed by atoms with Crippen molar-refractivity contribution in [1.29, 1.82) is 0 Å². The van der Waals surface area contributed by atoms with E-state index in [0.717, 1.165) is 24.3 Å². The van der Waals surface area contributed by atoms with Crippen LogP contribution in [-0.2, 0) is 26.2 Å². The maximum Gasteiger partial charge on any atom is 0.416 e. The summed E-state index contributed by atoms with van der Waals surface area (Å²) in [5.74, 6) is 0. The van der Waals surface area contributed by atoms with Crippen LogP contribution in [0.2, 0.25) is 0 Å². The van der Waals surface area contributed by atoms with Crippen molar-refractivity contribution in [2.75, 3.05) is 17.8 Å². The minimum absolute atomic E-state index is 0.0706.